The molecule has 0 aliphatic carbocycles. The van der Waals surface area contributed by atoms with Gasteiger partial charge in [-0.25, -0.2) is 13.9 Å². The van der Waals surface area contributed by atoms with Crippen molar-refractivity contribution >= 4 is 17.2 Å². The zero-order valence-corrected chi connectivity index (χ0v) is 16.7. The molecule has 1 aromatic carbocycles. The van der Waals surface area contributed by atoms with E-state index in [1.165, 1.54) is 12.1 Å². The first-order valence-electron chi connectivity index (χ1n) is 9.35. The Bertz CT molecular complexity index is 1020. The van der Waals surface area contributed by atoms with E-state index in [0.717, 1.165) is 16.7 Å². The Morgan fingerprint density at radius 2 is 2.03 bits per heavy atom. The molecule has 29 heavy (non-hydrogen) atoms. The van der Waals surface area contributed by atoms with Gasteiger partial charge in [-0.1, -0.05) is 17.7 Å². The van der Waals surface area contributed by atoms with Crippen LogP contribution in [-0.4, -0.2) is 45.7 Å². The van der Waals surface area contributed by atoms with E-state index in [4.69, 9.17) is 4.98 Å². The molecule has 2 aromatic heterocycles. The Morgan fingerprint density at radius 1 is 1.28 bits per heavy atom. The molecule has 1 unspecified atom stereocenters. The van der Waals surface area contributed by atoms with Crippen molar-refractivity contribution in [2.45, 2.75) is 19.9 Å². The molecule has 0 radical (unpaired) electrons. The average molecular weight is 396 g/mol. The lowest BCUT2D eigenvalue weighted by molar-refractivity contribution is 0.287. The summed E-state index contributed by atoms with van der Waals surface area (Å²) in [6, 6.07) is 9.54. The van der Waals surface area contributed by atoms with Crippen molar-refractivity contribution in [2.24, 2.45) is 4.99 Å². The molecule has 7 nitrogen and oxygen atoms in total. The predicted molar refractivity (Wildman–Crippen MR) is 113 cm³/mol. The molecular weight excluding hydrogens is 371 g/mol. The zero-order valence-electron chi connectivity index (χ0n) is 16.7. The van der Waals surface area contributed by atoms with Crippen LogP contribution in [0.15, 0.2) is 59.2 Å². The Morgan fingerprint density at radius 3 is 2.69 bits per heavy atom. The van der Waals surface area contributed by atoms with Crippen molar-refractivity contribution in [1.82, 2.24) is 19.9 Å². The quantitative estimate of drug-likeness (QED) is 0.422. The first-order chi connectivity index (χ1) is 14.0. The van der Waals surface area contributed by atoms with E-state index in [0.29, 0.717) is 24.0 Å². The molecule has 0 aliphatic heterocycles. The Kier molecular flexibility index (Phi) is 6.69. The Hall–Kier alpha value is -3.10. The van der Waals surface area contributed by atoms with Gasteiger partial charge < -0.3 is 15.7 Å². The molecule has 0 saturated carbocycles. The van der Waals surface area contributed by atoms with Gasteiger partial charge in [-0.2, -0.15) is 5.10 Å². The number of nitrogens with one attached hydrogen (secondary N) is 2. The Labute approximate surface area is 169 Å². The van der Waals surface area contributed by atoms with Gasteiger partial charge in [-0.15, -0.1) is 0 Å². The van der Waals surface area contributed by atoms with Gasteiger partial charge in [0, 0.05) is 19.8 Å². The highest BCUT2D eigenvalue weighted by atomic mass is 19.1. The fourth-order valence-corrected chi connectivity index (χ4v) is 2.94. The van der Waals surface area contributed by atoms with Crippen molar-refractivity contribution < 1.29 is 9.50 Å². The van der Waals surface area contributed by atoms with Gasteiger partial charge in [-0.05, 0) is 49.8 Å². The number of aliphatic imine (C=N–C) groups is 1. The smallest absolute Gasteiger partial charge is 0.173 e. The van der Waals surface area contributed by atoms with Crippen LogP contribution in [0.5, 0.6) is 0 Å². The largest absolute Gasteiger partial charge is 0.395 e. The summed E-state index contributed by atoms with van der Waals surface area (Å²) >= 11 is 0. The summed E-state index contributed by atoms with van der Waals surface area (Å²) in [7, 11) is 1.71. The number of aliphatic hydroxyl groups is 1. The summed E-state index contributed by atoms with van der Waals surface area (Å²) in [5.41, 5.74) is 2.70. The lowest BCUT2D eigenvalue weighted by Gasteiger charge is -2.19. The summed E-state index contributed by atoms with van der Waals surface area (Å²) < 4.78 is 15.1. The average Bonchev–Trinajstić information content (AvgIpc) is 3.17. The third kappa shape index (κ3) is 5.04. The number of hydrogen-bond donors (Lipinski definition) is 3. The van der Waals surface area contributed by atoms with Gasteiger partial charge >= 0.3 is 0 Å². The van der Waals surface area contributed by atoms with E-state index in [1.54, 1.807) is 23.7 Å². The second kappa shape index (κ2) is 9.40. The van der Waals surface area contributed by atoms with Gasteiger partial charge in [0.25, 0.3) is 0 Å². The molecule has 2 heterocycles. The zero-order chi connectivity index (χ0) is 20.8. The molecule has 0 bridgehead atoms. The minimum Gasteiger partial charge on any atom is -0.395 e. The van der Waals surface area contributed by atoms with Crippen molar-refractivity contribution in [3.05, 3.63) is 71.4 Å². The van der Waals surface area contributed by atoms with Crippen LogP contribution in [0.3, 0.4) is 0 Å². The number of benzene rings is 1. The number of rotatable bonds is 7. The third-order valence-electron chi connectivity index (χ3n) is 4.24. The van der Waals surface area contributed by atoms with E-state index < -0.39 is 6.04 Å². The number of fused-ring (bicyclic) bond motifs is 1. The maximum absolute atomic E-state index is 13.4. The van der Waals surface area contributed by atoms with E-state index >= 15 is 0 Å². The standard InChI is InChI=1S/C21H25FN6O/c1-14(2)13-18(23-3)25-20-17-5-4-11-28(17)27-21(26-20)19(24-10-12-29)15-6-8-16(22)9-7-15/h4-9,11,13,19,24,29H,10,12H2,1-3H3,(H,23,25,26,27). The van der Waals surface area contributed by atoms with Gasteiger partial charge in [0.2, 0.25) is 0 Å². The van der Waals surface area contributed by atoms with Gasteiger partial charge in [-0.3, -0.25) is 4.99 Å². The highest BCUT2D eigenvalue weighted by Gasteiger charge is 2.20. The molecule has 0 amide bonds. The molecule has 3 rings (SSSR count). The first-order valence-corrected chi connectivity index (χ1v) is 9.35. The third-order valence-corrected chi connectivity index (χ3v) is 4.24. The first kappa shape index (κ1) is 20.6. The normalized spacial score (nSPS) is 12.8. The number of allylic oxidation sites excluding steroid dienone is 1. The van der Waals surface area contributed by atoms with Crippen LogP contribution in [0.1, 0.15) is 31.3 Å². The molecule has 0 aliphatic rings. The SMILES string of the molecule is CN=C(C=C(C)C)Nc1nc(C(NCCO)c2ccc(F)cc2)nn2cccc12. The minimum atomic E-state index is -0.416. The van der Waals surface area contributed by atoms with Gasteiger partial charge in [0.15, 0.2) is 11.6 Å². The summed E-state index contributed by atoms with van der Waals surface area (Å²) in [5, 5.41) is 20.4. The lowest BCUT2D eigenvalue weighted by atomic mass is 10.1. The summed E-state index contributed by atoms with van der Waals surface area (Å²) in [5.74, 6) is 1.46. The van der Waals surface area contributed by atoms with Crippen molar-refractivity contribution in [1.29, 1.82) is 0 Å². The topological polar surface area (TPSA) is 86.8 Å². The number of aromatic nitrogens is 3. The number of anilines is 1. The molecule has 3 N–H and O–H groups in total. The van der Waals surface area contributed by atoms with Gasteiger partial charge in [0.1, 0.15) is 17.2 Å². The fourth-order valence-electron chi connectivity index (χ4n) is 2.94. The monoisotopic (exact) mass is 396 g/mol. The molecule has 0 fully saturated rings. The summed E-state index contributed by atoms with van der Waals surface area (Å²) in [6.07, 6.45) is 3.77. The molecule has 8 heteroatoms. The molecule has 152 valence electrons. The fraction of sp³-hybridized carbons (Fsp3) is 0.286. The molecule has 3 aromatic rings. The van der Waals surface area contributed by atoms with Crippen LogP contribution in [-0.2, 0) is 0 Å². The van der Waals surface area contributed by atoms with Crippen molar-refractivity contribution in [2.75, 3.05) is 25.5 Å². The molecule has 1 atom stereocenters. The molecule has 0 spiro atoms. The Balaban J connectivity index is 2.07. The maximum Gasteiger partial charge on any atom is 0.173 e. The van der Waals surface area contributed by atoms with Crippen molar-refractivity contribution in [3.8, 4) is 0 Å². The van der Waals surface area contributed by atoms with Crippen LogP contribution in [0, 0.1) is 5.82 Å². The van der Waals surface area contributed by atoms with E-state index in [1.807, 2.05) is 38.3 Å². The molecule has 0 saturated heterocycles. The van der Waals surface area contributed by atoms with Crippen molar-refractivity contribution in [3.63, 3.8) is 0 Å². The second-order valence-electron chi connectivity index (χ2n) is 6.77. The summed E-state index contributed by atoms with van der Waals surface area (Å²) in [6.45, 7) is 4.29. The van der Waals surface area contributed by atoms with Crippen LogP contribution in [0.2, 0.25) is 0 Å². The minimum absolute atomic E-state index is 0.0399. The highest BCUT2D eigenvalue weighted by Crippen LogP contribution is 2.23. The maximum atomic E-state index is 13.4. The van der Waals surface area contributed by atoms with Crippen LogP contribution >= 0.6 is 0 Å². The van der Waals surface area contributed by atoms with Crippen LogP contribution < -0.4 is 10.6 Å². The van der Waals surface area contributed by atoms with E-state index in [-0.39, 0.29) is 12.4 Å². The lowest BCUT2D eigenvalue weighted by Crippen LogP contribution is -2.28. The number of halogens is 1. The van der Waals surface area contributed by atoms with Crippen LogP contribution in [0.4, 0.5) is 10.2 Å². The van der Waals surface area contributed by atoms with E-state index in [9.17, 15) is 9.50 Å². The number of amidine groups is 1. The highest BCUT2D eigenvalue weighted by molar-refractivity contribution is 6.05. The molecular formula is C21H25FN6O. The summed E-state index contributed by atoms with van der Waals surface area (Å²) in [4.78, 5) is 9.00. The van der Waals surface area contributed by atoms with Gasteiger partial charge in [0.05, 0.1) is 12.6 Å². The number of hydrogen-bond acceptors (Lipinski definition) is 5. The number of nitrogens with zero attached hydrogens (tertiary/aromatic N) is 4. The van der Waals surface area contributed by atoms with E-state index in [2.05, 4.69) is 20.7 Å². The predicted octanol–water partition coefficient (Wildman–Crippen LogP) is 2.95. The second-order valence-corrected chi connectivity index (χ2v) is 6.77. The van der Waals surface area contributed by atoms with Crippen LogP contribution in [0.25, 0.3) is 5.52 Å². The number of aliphatic hydroxyl groups excluding tert-OH is 1.